The molecule has 0 aliphatic rings. The van der Waals surface area contributed by atoms with E-state index in [-0.39, 0.29) is 11.9 Å². The Labute approximate surface area is 104 Å². The van der Waals surface area contributed by atoms with Crippen molar-refractivity contribution in [3.05, 3.63) is 27.3 Å². The third kappa shape index (κ3) is 4.07. The van der Waals surface area contributed by atoms with Gasteiger partial charge < -0.3 is 11.1 Å². The van der Waals surface area contributed by atoms with Crippen molar-refractivity contribution in [3.63, 3.8) is 0 Å². The summed E-state index contributed by atoms with van der Waals surface area (Å²) in [4.78, 5) is 10.7. The van der Waals surface area contributed by atoms with E-state index in [1.807, 2.05) is 26.0 Å². The van der Waals surface area contributed by atoms with Gasteiger partial charge in [-0.3, -0.25) is 4.79 Å². The van der Waals surface area contributed by atoms with E-state index in [1.54, 1.807) is 0 Å². The molecule has 15 heavy (non-hydrogen) atoms. The van der Waals surface area contributed by atoms with Crippen LogP contribution in [0.2, 0.25) is 0 Å². The number of rotatable bonds is 4. The van der Waals surface area contributed by atoms with Crippen LogP contribution in [0.4, 0.5) is 5.69 Å². The molecule has 1 rings (SSSR count). The molecule has 0 aliphatic carbocycles. The van der Waals surface area contributed by atoms with Crippen molar-refractivity contribution in [3.8, 4) is 0 Å². The summed E-state index contributed by atoms with van der Waals surface area (Å²) in [6.45, 7) is 3.99. The van der Waals surface area contributed by atoms with Crippen LogP contribution in [0.15, 0.2) is 18.2 Å². The molecule has 4 heteroatoms. The van der Waals surface area contributed by atoms with E-state index in [2.05, 4.69) is 34.0 Å². The quantitative estimate of drug-likeness (QED) is 0.837. The summed E-state index contributed by atoms with van der Waals surface area (Å²) in [5.41, 5.74) is 7.37. The van der Waals surface area contributed by atoms with Gasteiger partial charge in [0.05, 0.1) is 0 Å². The van der Waals surface area contributed by atoms with E-state index in [0.717, 1.165) is 5.69 Å². The number of hydrogen-bond acceptors (Lipinski definition) is 2. The second-order valence-electron chi connectivity index (χ2n) is 3.68. The number of anilines is 1. The summed E-state index contributed by atoms with van der Waals surface area (Å²) in [7, 11) is 0. The largest absolute Gasteiger partial charge is 0.382 e. The highest BCUT2D eigenvalue weighted by Crippen LogP contribution is 2.18. The van der Waals surface area contributed by atoms with E-state index < -0.39 is 0 Å². The van der Waals surface area contributed by atoms with Gasteiger partial charge in [-0.25, -0.2) is 0 Å². The van der Waals surface area contributed by atoms with Crippen molar-refractivity contribution in [1.29, 1.82) is 0 Å². The average Bonchev–Trinajstić information content (AvgIpc) is 2.08. The van der Waals surface area contributed by atoms with Gasteiger partial charge >= 0.3 is 0 Å². The normalized spacial score (nSPS) is 12.2. The Hall–Kier alpha value is -0.780. The number of aryl methyl sites for hydroxylation is 1. The monoisotopic (exact) mass is 318 g/mol. The first-order valence-corrected chi connectivity index (χ1v) is 5.88. The van der Waals surface area contributed by atoms with E-state index >= 15 is 0 Å². The fraction of sp³-hybridized carbons (Fsp3) is 0.364. The van der Waals surface area contributed by atoms with Crippen molar-refractivity contribution >= 4 is 34.2 Å². The third-order valence-corrected chi connectivity index (χ3v) is 2.77. The number of primary amides is 1. The lowest BCUT2D eigenvalue weighted by atomic mass is 10.1. The lowest BCUT2D eigenvalue weighted by Crippen LogP contribution is -2.24. The smallest absolute Gasteiger partial charge is 0.219 e. The Morgan fingerprint density at radius 1 is 1.60 bits per heavy atom. The number of halogens is 1. The zero-order valence-electron chi connectivity index (χ0n) is 8.88. The lowest BCUT2D eigenvalue weighted by Gasteiger charge is -2.15. The third-order valence-electron chi connectivity index (χ3n) is 2.10. The van der Waals surface area contributed by atoms with Crippen LogP contribution >= 0.6 is 22.6 Å². The predicted octanol–water partition coefficient (Wildman–Crippen LogP) is 2.28. The maximum atomic E-state index is 10.7. The van der Waals surface area contributed by atoms with Gasteiger partial charge in [0.15, 0.2) is 0 Å². The van der Waals surface area contributed by atoms with Crippen LogP contribution < -0.4 is 11.1 Å². The Balaban J connectivity index is 2.68. The molecule has 3 nitrogen and oxygen atoms in total. The molecule has 0 heterocycles. The van der Waals surface area contributed by atoms with E-state index in [0.29, 0.717) is 6.42 Å². The number of amides is 1. The van der Waals surface area contributed by atoms with Gasteiger partial charge in [0, 0.05) is 21.7 Å². The van der Waals surface area contributed by atoms with Crippen LogP contribution in [0.1, 0.15) is 18.9 Å². The number of hydrogen-bond donors (Lipinski definition) is 2. The average molecular weight is 318 g/mol. The molecule has 3 N–H and O–H groups in total. The van der Waals surface area contributed by atoms with E-state index in [4.69, 9.17) is 5.73 Å². The maximum Gasteiger partial charge on any atom is 0.219 e. The molecular formula is C11H15IN2O. The van der Waals surface area contributed by atoms with Crippen LogP contribution in [-0.2, 0) is 4.79 Å². The van der Waals surface area contributed by atoms with Crippen LogP contribution in [-0.4, -0.2) is 11.9 Å². The van der Waals surface area contributed by atoms with Gasteiger partial charge in [0.2, 0.25) is 5.91 Å². The van der Waals surface area contributed by atoms with Crippen LogP contribution in [0, 0.1) is 10.5 Å². The van der Waals surface area contributed by atoms with Gasteiger partial charge in [-0.15, -0.1) is 0 Å². The molecule has 1 atom stereocenters. The highest BCUT2D eigenvalue weighted by molar-refractivity contribution is 14.1. The summed E-state index contributed by atoms with van der Waals surface area (Å²) in [5, 5.41) is 3.26. The second kappa shape index (κ2) is 5.34. The first-order chi connectivity index (χ1) is 6.99. The van der Waals surface area contributed by atoms with E-state index in [9.17, 15) is 4.79 Å². The van der Waals surface area contributed by atoms with Crippen molar-refractivity contribution in [1.82, 2.24) is 0 Å². The summed E-state index contributed by atoms with van der Waals surface area (Å²) in [6.07, 6.45) is 0.353. The molecule has 1 amide bonds. The van der Waals surface area contributed by atoms with Crippen LogP contribution in [0.3, 0.4) is 0 Å². The zero-order valence-corrected chi connectivity index (χ0v) is 11.0. The first kappa shape index (κ1) is 12.3. The van der Waals surface area contributed by atoms with Gasteiger partial charge in [-0.2, -0.15) is 0 Å². The Morgan fingerprint density at radius 2 is 2.27 bits per heavy atom. The first-order valence-electron chi connectivity index (χ1n) is 4.80. The number of benzene rings is 1. The van der Waals surface area contributed by atoms with Gasteiger partial charge in [-0.1, -0.05) is 0 Å². The molecule has 0 saturated carbocycles. The summed E-state index contributed by atoms with van der Waals surface area (Å²) >= 11 is 2.27. The predicted molar refractivity (Wildman–Crippen MR) is 70.8 cm³/mol. The minimum absolute atomic E-state index is 0.0706. The maximum absolute atomic E-state index is 10.7. The Kier molecular flexibility index (Phi) is 4.38. The highest BCUT2D eigenvalue weighted by atomic mass is 127. The standard InChI is InChI=1S/C11H15IN2O/c1-7-5-9(12)3-4-10(7)14-8(2)6-11(13)15/h3-5,8,14H,6H2,1-2H3,(H2,13,15). The summed E-state index contributed by atoms with van der Waals surface area (Å²) < 4.78 is 1.21. The Morgan fingerprint density at radius 3 is 2.80 bits per heavy atom. The minimum atomic E-state index is -0.279. The molecule has 0 aliphatic heterocycles. The van der Waals surface area contributed by atoms with Crippen LogP contribution in [0.25, 0.3) is 0 Å². The molecule has 0 saturated heterocycles. The fourth-order valence-corrected chi connectivity index (χ4v) is 2.05. The number of nitrogens with one attached hydrogen (secondary N) is 1. The Bertz CT molecular complexity index is 366. The van der Waals surface area contributed by atoms with Gasteiger partial charge in [0.1, 0.15) is 0 Å². The molecule has 82 valence electrons. The molecule has 1 aromatic carbocycles. The molecule has 1 unspecified atom stereocenters. The van der Waals surface area contributed by atoms with Crippen molar-refractivity contribution in [2.75, 3.05) is 5.32 Å². The van der Waals surface area contributed by atoms with Gasteiger partial charge in [-0.05, 0) is 60.2 Å². The minimum Gasteiger partial charge on any atom is -0.382 e. The van der Waals surface area contributed by atoms with Crippen molar-refractivity contribution < 1.29 is 4.79 Å². The number of nitrogens with two attached hydrogens (primary N) is 1. The lowest BCUT2D eigenvalue weighted by molar-refractivity contribution is -0.118. The molecule has 0 radical (unpaired) electrons. The van der Waals surface area contributed by atoms with Crippen molar-refractivity contribution in [2.45, 2.75) is 26.3 Å². The highest BCUT2D eigenvalue weighted by Gasteiger charge is 2.07. The molecule has 1 aromatic rings. The summed E-state index contributed by atoms with van der Waals surface area (Å²) in [6, 6.07) is 6.22. The molecule has 0 bridgehead atoms. The SMILES string of the molecule is Cc1cc(I)ccc1NC(C)CC(N)=O. The molecule has 0 aromatic heterocycles. The van der Waals surface area contributed by atoms with Gasteiger partial charge in [0.25, 0.3) is 0 Å². The van der Waals surface area contributed by atoms with Crippen LogP contribution in [0.5, 0.6) is 0 Å². The number of carbonyl (C=O) groups is 1. The second-order valence-corrected chi connectivity index (χ2v) is 4.92. The molecular weight excluding hydrogens is 303 g/mol. The molecule has 0 spiro atoms. The topological polar surface area (TPSA) is 55.1 Å². The van der Waals surface area contributed by atoms with E-state index in [1.165, 1.54) is 9.13 Å². The molecule has 0 fully saturated rings. The summed E-state index contributed by atoms with van der Waals surface area (Å²) in [5.74, 6) is -0.279. The fourth-order valence-electron chi connectivity index (χ4n) is 1.41. The van der Waals surface area contributed by atoms with Crippen molar-refractivity contribution in [2.24, 2.45) is 5.73 Å². The number of carbonyl (C=O) groups excluding carboxylic acids is 1. The zero-order chi connectivity index (χ0) is 11.4.